The maximum Gasteiger partial charge on any atom is 0.305 e. The molecule has 0 saturated carbocycles. The van der Waals surface area contributed by atoms with Crippen LogP contribution in [0.5, 0.6) is 0 Å². The monoisotopic (exact) mass is 188 g/mol. The number of nitrogens with one attached hydrogen (secondary N) is 2. The fourth-order valence-corrected chi connectivity index (χ4v) is 0.979. The fourth-order valence-electron chi connectivity index (χ4n) is 0.979. The molecular weight excluding hydrogens is 172 g/mol. The first kappa shape index (κ1) is 11.9. The van der Waals surface area contributed by atoms with Gasteiger partial charge in [-0.05, 0) is 0 Å². The highest BCUT2D eigenvalue weighted by Gasteiger charge is 2.20. The Bertz CT molecular complexity index is 192. The molecular formula is C8H16N2O3. The SMILES string of the molecule is CNC(=O)[C@H](CC(=O)O)NC(C)C. The van der Waals surface area contributed by atoms with E-state index in [0.29, 0.717) is 0 Å². The predicted octanol–water partition coefficient (Wildman–Crippen LogP) is -0.426. The van der Waals surface area contributed by atoms with Crippen LogP contribution in [0.4, 0.5) is 0 Å². The van der Waals surface area contributed by atoms with Crippen molar-refractivity contribution in [3.8, 4) is 0 Å². The summed E-state index contributed by atoms with van der Waals surface area (Å²) in [6, 6.07) is -0.566. The van der Waals surface area contributed by atoms with Gasteiger partial charge in [-0.1, -0.05) is 13.8 Å². The van der Waals surface area contributed by atoms with Crippen molar-refractivity contribution in [2.24, 2.45) is 0 Å². The summed E-state index contributed by atoms with van der Waals surface area (Å²) in [7, 11) is 1.49. The van der Waals surface area contributed by atoms with E-state index >= 15 is 0 Å². The van der Waals surface area contributed by atoms with Gasteiger partial charge < -0.3 is 15.7 Å². The van der Waals surface area contributed by atoms with Gasteiger partial charge in [0.25, 0.3) is 0 Å². The zero-order valence-corrected chi connectivity index (χ0v) is 8.13. The average molecular weight is 188 g/mol. The maximum atomic E-state index is 11.1. The van der Waals surface area contributed by atoms with Crippen LogP contribution in [-0.2, 0) is 9.59 Å². The molecule has 0 aromatic carbocycles. The molecule has 0 heterocycles. The topological polar surface area (TPSA) is 78.4 Å². The lowest BCUT2D eigenvalue weighted by molar-refractivity contribution is -0.139. The van der Waals surface area contributed by atoms with Crippen LogP contribution in [0, 0.1) is 0 Å². The van der Waals surface area contributed by atoms with E-state index < -0.39 is 12.0 Å². The Morgan fingerprint density at radius 2 is 1.92 bits per heavy atom. The third kappa shape index (κ3) is 5.19. The molecule has 76 valence electrons. The fraction of sp³-hybridized carbons (Fsp3) is 0.750. The van der Waals surface area contributed by atoms with Crippen molar-refractivity contribution in [3.63, 3.8) is 0 Å². The highest BCUT2D eigenvalue weighted by atomic mass is 16.4. The molecule has 0 radical (unpaired) electrons. The van der Waals surface area contributed by atoms with Gasteiger partial charge >= 0.3 is 5.97 Å². The summed E-state index contributed by atoms with van der Waals surface area (Å²) in [6.45, 7) is 3.72. The van der Waals surface area contributed by atoms with E-state index in [-0.39, 0.29) is 18.4 Å². The maximum absolute atomic E-state index is 11.1. The number of carboxylic acids is 1. The van der Waals surface area contributed by atoms with Crippen LogP contribution in [0.15, 0.2) is 0 Å². The number of rotatable bonds is 5. The van der Waals surface area contributed by atoms with Crippen molar-refractivity contribution in [1.82, 2.24) is 10.6 Å². The van der Waals surface area contributed by atoms with Crippen LogP contribution in [0.2, 0.25) is 0 Å². The van der Waals surface area contributed by atoms with Crippen molar-refractivity contribution in [3.05, 3.63) is 0 Å². The van der Waals surface area contributed by atoms with Gasteiger partial charge in [0.05, 0.1) is 12.5 Å². The molecule has 0 fully saturated rings. The van der Waals surface area contributed by atoms with E-state index in [2.05, 4.69) is 10.6 Å². The molecule has 5 heteroatoms. The number of amides is 1. The largest absolute Gasteiger partial charge is 0.481 e. The molecule has 0 rings (SSSR count). The number of carbonyl (C=O) groups excluding carboxylic acids is 1. The normalized spacial score (nSPS) is 12.6. The summed E-state index contributed by atoms with van der Waals surface area (Å²) in [4.78, 5) is 21.5. The van der Waals surface area contributed by atoms with Crippen LogP contribution in [0.1, 0.15) is 20.3 Å². The van der Waals surface area contributed by atoms with Gasteiger partial charge in [-0.3, -0.25) is 9.59 Å². The Kier molecular flexibility index (Phi) is 5.06. The lowest BCUT2D eigenvalue weighted by atomic mass is 10.1. The van der Waals surface area contributed by atoms with Crippen molar-refractivity contribution >= 4 is 11.9 Å². The summed E-state index contributed by atoms with van der Waals surface area (Å²) in [5.74, 6) is -1.28. The molecule has 0 bridgehead atoms. The van der Waals surface area contributed by atoms with Crippen LogP contribution in [0.25, 0.3) is 0 Å². The van der Waals surface area contributed by atoms with Gasteiger partial charge in [0.15, 0.2) is 0 Å². The minimum atomic E-state index is -0.984. The van der Waals surface area contributed by atoms with E-state index in [0.717, 1.165) is 0 Å². The molecule has 0 aliphatic rings. The molecule has 1 atom stereocenters. The Balaban J connectivity index is 4.18. The summed E-state index contributed by atoms with van der Waals surface area (Å²) in [5.41, 5.74) is 0. The Morgan fingerprint density at radius 3 is 2.23 bits per heavy atom. The number of hydrogen-bond acceptors (Lipinski definition) is 3. The molecule has 0 aromatic heterocycles. The smallest absolute Gasteiger partial charge is 0.305 e. The highest BCUT2D eigenvalue weighted by Crippen LogP contribution is 1.94. The Labute approximate surface area is 77.5 Å². The van der Waals surface area contributed by atoms with Crippen molar-refractivity contribution in [2.45, 2.75) is 32.4 Å². The zero-order valence-electron chi connectivity index (χ0n) is 8.13. The minimum absolute atomic E-state index is 0.0849. The predicted molar refractivity (Wildman–Crippen MR) is 48.4 cm³/mol. The number of likely N-dealkylation sites (N-methyl/N-ethyl adjacent to an activating group) is 1. The molecule has 13 heavy (non-hydrogen) atoms. The minimum Gasteiger partial charge on any atom is -0.481 e. The number of carbonyl (C=O) groups is 2. The summed E-state index contributed by atoms with van der Waals surface area (Å²) in [5, 5.41) is 13.8. The van der Waals surface area contributed by atoms with Crippen LogP contribution in [0.3, 0.4) is 0 Å². The molecule has 0 aliphatic heterocycles. The molecule has 3 N–H and O–H groups in total. The summed E-state index contributed by atoms with van der Waals surface area (Å²) >= 11 is 0. The lowest BCUT2D eigenvalue weighted by Gasteiger charge is -2.17. The lowest BCUT2D eigenvalue weighted by Crippen LogP contribution is -2.46. The Hall–Kier alpha value is -1.10. The average Bonchev–Trinajstić information content (AvgIpc) is 2.00. The van der Waals surface area contributed by atoms with E-state index in [1.165, 1.54) is 7.05 Å². The van der Waals surface area contributed by atoms with Gasteiger partial charge in [0.1, 0.15) is 0 Å². The molecule has 0 unspecified atom stereocenters. The van der Waals surface area contributed by atoms with Gasteiger partial charge in [-0.15, -0.1) is 0 Å². The first-order valence-corrected chi connectivity index (χ1v) is 4.16. The Morgan fingerprint density at radius 1 is 1.38 bits per heavy atom. The summed E-state index contributed by atoms with van der Waals surface area (Å²) < 4.78 is 0. The third-order valence-electron chi connectivity index (χ3n) is 1.48. The quantitative estimate of drug-likeness (QED) is 0.547. The first-order valence-electron chi connectivity index (χ1n) is 4.16. The highest BCUT2D eigenvalue weighted by molar-refractivity contribution is 5.85. The molecule has 1 amide bonds. The second kappa shape index (κ2) is 5.53. The van der Waals surface area contributed by atoms with Crippen molar-refractivity contribution < 1.29 is 14.7 Å². The summed E-state index contributed by atoms with van der Waals surface area (Å²) in [6.07, 6.45) is -0.197. The first-order chi connectivity index (χ1) is 5.97. The van der Waals surface area contributed by atoms with E-state index in [1.807, 2.05) is 13.8 Å². The third-order valence-corrected chi connectivity index (χ3v) is 1.48. The van der Waals surface area contributed by atoms with Gasteiger partial charge in [-0.2, -0.15) is 0 Å². The van der Waals surface area contributed by atoms with Gasteiger partial charge in [0, 0.05) is 13.1 Å². The number of hydrogen-bond donors (Lipinski definition) is 3. The van der Waals surface area contributed by atoms with Crippen LogP contribution < -0.4 is 10.6 Å². The van der Waals surface area contributed by atoms with Crippen molar-refractivity contribution in [2.75, 3.05) is 7.05 Å². The molecule has 0 aliphatic carbocycles. The van der Waals surface area contributed by atoms with Crippen LogP contribution in [-0.4, -0.2) is 36.1 Å². The van der Waals surface area contributed by atoms with E-state index in [1.54, 1.807) is 0 Å². The number of carboxylic acid groups (broad SMARTS) is 1. The molecule has 0 spiro atoms. The second-order valence-corrected chi connectivity index (χ2v) is 3.09. The zero-order chi connectivity index (χ0) is 10.4. The molecule has 0 saturated heterocycles. The number of aliphatic carboxylic acids is 1. The molecule has 0 aromatic rings. The molecule has 5 nitrogen and oxygen atoms in total. The van der Waals surface area contributed by atoms with Crippen LogP contribution >= 0.6 is 0 Å². The second-order valence-electron chi connectivity index (χ2n) is 3.09. The van der Waals surface area contributed by atoms with Gasteiger partial charge in [0.2, 0.25) is 5.91 Å². The van der Waals surface area contributed by atoms with E-state index in [4.69, 9.17) is 5.11 Å². The van der Waals surface area contributed by atoms with Crippen molar-refractivity contribution in [1.29, 1.82) is 0 Å². The standard InChI is InChI=1S/C8H16N2O3/c1-5(2)10-6(4-7(11)12)8(13)9-3/h5-6,10H,4H2,1-3H3,(H,9,13)(H,11,12)/t6-/m0/s1. The van der Waals surface area contributed by atoms with Gasteiger partial charge in [-0.25, -0.2) is 0 Å². The van der Waals surface area contributed by atoms with E-state index in [9.17, 15) is 9.59 Å².